The Labute approximate surface area is 201 Å². The molecule has 2 N–H and O–H groups in total. The van der Waals surface area contributed by atoms with Crippen LogP contribution in [0.15, 0.2) is 42.0 Å². The molecule has 0 saturated carbocycles. The van der Waals surface area contributed by atoms with Crippen molar-refractivity contribution in [2.75, 3.05) is 19.3 Å². The molecule has 3 atom stereocenters. The van der Waals surface area contributed by atoms with Crippen molar-refractivity contribution in [2.24, 2.45) is 0 Å². The van der Waals surface area contributed by atoms with Gasteiger partial charge in [-0.25, -0.2) is 22.0 Å². The van der Waals surface area contributed by atoms with Crippen LogP contribution in [-0.4, -0.2) is 61.3 Å². The third-order valence-corrected chi connectivity index (χ3v) is 7.56. The number of piperazine rings is 1. The Morgan fingerprint density at radius 2 is 1.80 bits per heavy atom. The Kier molecular flexibility index (Phi) is 6.94. The van der Waals surface area contributed by atoms with Gasteiger partial charge in [0, 0.05) is 25.6 Å². The van der Waals surface area contributed by atoms with Gasteiger partial charge in [-0.2, -0.15) is 8.70 Å². The second-order valence-electron chi connectivity index (χ2n) is 8.82. The molecule has 7 nitrogen and oxygen atoms in total. The highest BCUT2D eigenvalue weighted by molar-refractivity contribution is 7.88. The minimum Gasteiger partial charge on any atom is -0.484 e. The highest BCUT2D eigenvalue weighted by Crippen LogP contribution is 2.38. The van der Waals surface area contributed by atoms with Crippen molar-refractivity contribution in [3.8, 4) is 5.75 Å². The number of benzene rings is 2. The fourth-order valence-corrected chi connectivity index (χ4v) is 6.17. The van der Waals surface area contributed by atoms with Crippen molar-refractivity contribution in [3.63, 3.8) is 0 Å². The number of nitrogens with one attached hydrogen (secondary N) is 1. The predicted octanol–water partition coefficient (Wildman–Crippen LogP) is 2.96. The largest absolute Gasteiger partial charge is 0.484 e. The van der Waals surface area contributed by atoms with Crippen LogP contribution < -0.4 is 10.1 Å². The number of halogens is 3. The first-order valence-corrected chi connectivity index (χ1v) is 12.9. The molecule has 0 aromatic heterocycles. The number of rotatable bonds is 7. The van der Waals surface area contributed by atoms with Gasteiger partial charge in [-0.05, 0) is 42.2 Å². The van der Waals surface area contributed by atoms with E-state index < -0.39 is 57.4 Å². The molecule has 2 aromatic rings. The summed E-state index contributed by atoms with van der Waals surface area (Å²) in [6.07, 6.45) is 0.915. The van der Waals surface area contributed by atoms with Gasteiger partial charge in [0.25, 0.3) is 0 Å². The summed E-state index contributed by atoms with van der Waals surface area (Å²) < 4.78 is 72.4. The molecule has 2 unspecified atom stereocenters. The zero-order chi connectivity index (χ0) is 25.5. The van der Waals surface area contributed by atoms with Crippen molar-refractivity contribution in [3.05, 3.63) is 70.5 Å². The van der Waals surface area contributed by atoms with Crippen LogP contribution in [0.25, 0.3) is 5.57 Å². The Morgan fingerprint density at radius 1 is 1.14 bits per heavy atom. The topological polar surface area (TPSA) is 95.9 Å². The Hall–Kier alpha value is -2.89. The third-order valence-electron chi connectivity index (χ3n) is 6.24. The maximum Gasteiger partial charge on any atom is 0.333 e. The quantitative estimate of drug-likeness (QED) is 0.557. The summed E-state index contributed by atoms with van der Waals surface area (Å²) in [5, 5.41) is 13.0. The van der Waals surface area contributed by atoms with Crippen LogP contribution >= 0.6 is 0 Å². The summed E-state index contributed by atoms with van der Waals surface area (Å²) in [6, 6.07) is 7.24. The van der Waals surface area contributed by atoms with Gasteiger partial charge in [0.2, 0.25) is 15.8 Å². The molecule has 2 aliphatic heterocycles. The van der Waals surface area contributed by atoms with Gasteiger partial charge < -0.3 is 15.2 Å². The molecule has 1 saturated heterocycles. The number of carbonyl (C=O) groups is 1. The molecule has 4 rings (SSSR count). The number of carboxylic acids is 1. The van der Waals surface area contributed by atoms with Gasteiger partial charge in [-0.15, -0.1) is 0 Å². The second kappa shape index (κ2) is 9.63. The highest BCUT2D eigenvalue weighted by Gasteiger charge is 2.45. The molecule has 35 heavy (non-hydrogen) atoms. The van der Waals surface area contributed by atoms with Crippen LogP contribution in [0.2, 0.25) is 0 Å². The molecule has 188 valence electrons. The van der Waals surface area contributed by atoms with E-state index >= 15 is 0 Å². The molecule has 0 aliphatic carbocycles. The van der Waals surface area contributed by atoms with E-state index in [0.29, 0.717) is 23.7 Å². The standard InChI is InChI=1S/C24H25F3N2O5S/c1-13(34-23-19(26)8-7-18(25)22(23)27)9-14-3-5-15(6-4-14)17-10-16-11-28-12-20(21(17)24(30)31)29(16)35(2,32)33/h3-8,13,16,20,28H,9-12H2,1-2H3,(H,30,31)/t13?,16?,20-/m1/s1. The molecule has 0 amide bonds. The minimum absolute atomic E-state index is 0.0420. The van der Waals surface area contributed by atoms with Crippen LogP contribution in [0.3, 0.4) is 0 Å². The van der Waals surface area contributed by atoms with Crippen LogP contribution in [0, 0.1) is 17.5 Å². The molecule has 2 heterocycles. The number of sulfonamides is 1. The van der Waals surface area contributed by atoms with Crippen LogP contribution in [0.5, 0.6) is 5.75 Å². The van der Waals surface area contributed by atoms with Crippen LogP contribution in [-0.2, 0) is 21.2 Å². The first kappa shape index (κ1) is 25.2. The first-order valence-electron chi connectivity index (χ1n) is 11.0. The van der Waals surface area contributed by atoms with E-state index in [1.54, 1.807) is 31.2 Å². The number of hydrogen-bond acceptors (Lipinski definition) is 5. The number of nitrogens with zero attached hydrogens (tertiary/aromatic N) is 1. The SMILES string of the molecule is CC(Cc1ccc(C2=C(C(=O)O)[C@H]3CNCC(C2)N3S(C)(=O)=O)cc1)Oc1c(F)ccc(F)c1F. The summed E-state index contributed by atoms with van der Waals surface area (Å²) in [7, 11) is -3.61. The van der Waals surface area contributed by atoms with Gasteiger partial charge in [0.1, 0.15) is 6.10 Å². The summed E-state index contributed by atoms with van der Waals surface area (Å²) in [5.41, 5.74) is 2.03. The van der Waals surface area contributed by atoms with E-state index in [-0.39, 0.29) is 25.0 Å². The van der Waals surface area contributed by atoms with E-state index in [2.05, 4.69) is 5.32 Å². The maximum absolute atomic E-state index is 13.9. The van der Waals surface area contributed by atoms with E-state index in [9.17, 15) is 31.5 Å². The van der Waals surface area contributed by atoms with Gasteiger partial charge in [-0.1, -0.05) is 24.3 Å². The summed E-state index contributed by atoms with van der Waals surface area (Å²) in [6.45, 7) is 2.22. The number of fused-ring (bicyclic) bond motifs is 2. The number of hydrogen-bond donors (Lipinski definition) is 2. The van der Waals surface area contributed by atoms with E-state index in [1.165, 1.54) is 4.31 Å². The molecule has 0 spiro atoms. The van der Waals surface area contributed by atoms with Crippen molar-refractivity contribution in [1.29, 1.82) is 0 Å². The molecule has 1 fully saturated rings. The molecular weight excluding hydrogens is 485 g/mol. The Balaban J connectivity index is 1.57. The maximum atomic E-state index is 13.9. The highest BCUT2D eigenvalue weighted by atomic mass is 32.2. The van der Waals surface area contributed by atoms with Crippen LogP contribution in [0.4, 0.5) is 13.2 Å². The number of carboxylic acid groups (broad SMARTS) is 1. The van der Waals surface area contributed by atoms with Crippen LogP contribution in [0.1, 0.15) is 24.5 Å². The lowest BCUT2D eigenvalue weighted by Gasteiger charge is -2.45. The molecule has 2 aromatic carbocycles. The van der Waals surface area contributed by atoms with E-state index in [0.717, 1.165) is 17.9 Å². The zero-order valence-electron chi connectivity index (χ0n) is 19.1. The molecule has 2 aliphatic rings. The fraction of sp³-hybridized carbons (Fsp3) is 0.375. The van der Waals surface area contributed by atoms with Gasteiger partial charge in [-0.3, -0.25) is 0 Å². The zero-order valence-corrected chi connectivity index (χ0v) is 19.9. The summed E-state index contributed by atoms with van der Waals surface area (Å²) in [5.74, 6) is -5.54. The average Bonchev–Trinajstić information content (AvgIpc) is 2.78. The van der Waals surface area contributed by atoms with Gasteiger partial charge in [0.05, 0.1) is 17.9 Å². The lowest BCUT2D eigenvalue weighted by atomic mass is 9.84. The van der Waals surface area contributed by atoms with Gasteiger partial charge in [0.15, 0.2) is 17.4 Å². The fourth-order valence-electron chi connectivity index (χ4n) is 4.84. The van der Waals surface area contributed by atoms with Crippen molar-refractivity contribution in [2.45, 2.75) is 38.0 Å². The molecule has 2 bridgehead atoms. The number of ether oxygens (including phenoxy) is 1. The van der Waals surface area contributed by atoms with Crippen molar-refractivity contribution in [1.82, 2.24) is 9.62 Å². The molecule has 0 radical (unpaired) electrons. The van der Waals surface area contributed by atoms with E-state index in [1.807, 2.05) is 0 Å². The normalized spacial score (nSPS) is 21.6. The lowest BCUT2D eigenvalue weighted by molar-refractivity contribution is -0.133. The monoisotopic (exact) mass is 510 g/mol. The van der Waals surface area contributed by atoms with Gasteiger partial charge >= 0.3 is 5.97 Å². The summed E-state index contributed by atoms with van der Waals surface area (Å²) in [4.78, 5) is 12.2. The molecule has 11 heteroatoms. The van der Waals surface area contributed by atoms with E-state index in [4.69, 9.17) is 4.74 Å². The minimum atomic E-state index is -3.61. The lowest BCUT2D eigenvalue weighted by Crippen LogP contribution is -2.62. The van der Waals surface area contributed by atoms with Crippen molar-refractivity contribution >= 4 is 21.6 Å². The molecular formula is C24H25F3N2O5S. The number of aliphatic carboxylic acids is 1. The summed E-state index contributed by atoms with van der Waals surface area (Å²) >= 11 is 0. The predicted molar refractivity (Wildman–Crippen MR) is 123 cm³/mol. The Morgan fingerprint density at radius 3 is 2.43 bits per heavy atom. The first-order chi connectivity index (χ1) is 16.5. The van der Waals surface area contributed by atoms with Crippen molar-refractivity contribution < 1.29 is 36.2 Å². The average molecular weight is 511 g/mol. The third kappa shape index (κ3) is 5.07. The smallest absolute Gasteiger partial charge is 0.333 e. The Bertz CT molecular complexity index is 1280. The second-order valence-corrected chi connectivity index (χ2v) is 10.7.